The summed E-state index contributed by atoms with van der Waals surface area (Å²) in [5.41, 5.74) is 0.587. The van der Waals surface area contributed by atoms with E-state index >= 15 is 0 Å². The first-order chi connectivity index (χ1) is 8.71. The number of piperidine rings is 1. The van der Waals surface area contributed by atoms with E-state index in [1.54, 1.807) is 0 Å². The number of rotatable bonds is 3. The fraction of sp³-hybridized carbons (Fsp3) is 0.938. The van der Waals surface area contributed by atoms with Gasteiger partial charge in [0.1, 0.15) is 0 Å². The minimum absolute atomic E-state index is 0.578. The minimum Gasteiger partial charge on any atom is -0.360 e. The van der Waals surface area contributed by atoms with Crippen LogP contribution in [0.4, 0.5) is 0 Å². The van der Waals surface area contributed by atoms with Gasteiger partial charge < -0.3 is 4.90 Å². The molecule has 1 saturated heterocycles. The molecule has 0 radical (unpaired) electrons. The fourth-order valence-corrected chi connectivity index (χ4v) is 3.81. The van der Waals surface area contributed by atoms with Crippen molar-refractivity contribution < 1.29 is 0 Å². The predicted molar refractivity (Wildman–Crippen MR) is 78.1 cm³/mol. The Morgan fingerprint density at radius 3 is 2.11 bits per heavy atom. The Morgan fingerprint density at radius 1 is 1.06 bits per heavy atom. The minimum atomic E-state index is 0.578. The van der Waals surface area contributed by atoms with Gasteiger partial charge in [0, 0.05) is 19.0 Å². The highest BCUT2D eigenvalue weighted by Gasteiger charge is 2.33. The van der Waals surface area contributed by atoms with Gasteiger partial charge in [0.05, 0.1) is 5.84 Å². The van der Waals surface area contributed by atoms with Gasteiger partial charge in [-0.2, -0.15) is 0 Å². The summed E-state index contributed by atoms with van der Waals surface area (Å²) in [6, 6.07) is 0. The molecule has 2 heteroatoms. The molecule has 0 spiro atoms. The highest BCUT2D eigenvalue weighted by atomic mass is 15.2. The third-order valence-corrected chi connectivity index (χ3v) is 5.66. The van der Waals surface area contributed by atoms with Crippen molar-refractivity contribution in [1.82, 2.24) is 4.90 Å². The van der Waals surface area contributed by atoms with Crippen LogP contribution < -0.4 is 0 Å². The summed E-state index contributed by atoms with van der Waals surface area (Å²) in [6.45, 7) is 6.95. The van der Waals surface area contributed by atoms with Gasteiger partial charge >= 0.3 is 0 Å². The van der Waals surface area contributed by atoms with E-state index in [2.05, 4.69) is 18.7 Å². The Bertz CT molecular complexity index is 265. The Labute approximate surface area is 113 Å². The smallest absolute Gasteiger partial charge is 0.0989 e. The van der Waals surface area contributed by atoms with Crippen LogP contribution in [0.2, 0.25) is 0 Å². The lowest BCUT2D eigenvalue weighted by atomic mass is 9.74. The monoisotopic (exact) mass is 250 g/mol. The maximum absolute atomic E-state index is 8.45. The molecule has 2 nitrogen and oxygen atoms in total. The Hall–Kier alpha value is -0.530. The van der Waals surface area contributed by atoms with Crippen molar-refractivity contribution in [3.05, 3.63) is 0 Å². The van der Waals surface area contributed by atoms with Crippen LogP contribution in [0.5, 0.6) is 0 Å². The molecule has 2 fully saturated rings. The summed E-state index contributed by atoms with van der Waals surface area (Å²) in [5.74, 6) is 1.55. The Morgan fingerprint density at radius 2 is 1.61 bits per heavy atom. The van der Waals surface area contributed by atoms with Crippen LogP contribution in [-0.2, 0) is 0 Å². The van der Waals surface area contributed by atoms with Crippen molar-refractivity contribution in [2.24, 2.45) is 11.3 Å². The van der Waals surface area contributed by atoms with Crippen molar-refractivity contribution in [3.8, 4) is 0 Å². The maximum Gasteiger partial charge on any atom is 0.0989 e. The SMILES string of the molecule is CCC1(CC)CCN(C(=N)C2CCCCC2)CC1. The third kappa shape index (κ3) is 2.89. The molecule has 0 bridgehead atoms. The first-order valence-corrected chi connectivity index (χ1v) is 8.04. The zero-order valence-electron chi connectivity index (χ0n) is 12.3. The average Bonchev–Trinajstić information content (AvgIpc) is 2.47. The molecule has 0 amide bonds. The molecule has 1 aliphatic heterocycles. The zero-order chi connectivity index (χ0) is 13.0. The second kappa shape index (κ2) is 6.08. The molecule has 2 aliphatic rings. The van der Waals surface area contributed by atoms with Gasteiger partial charge in [-0.05, 0) is 31.1 Å². The summed E-state index contributed by atoms with van der Waals surface area (Å²) in [4.78, 5) is 2.39. The van der Waals surface area contributed by atoms with E-state index in [9.17, 15) is 0 Å². The zero-order valence-corrected chi connectivity index (χ0v) is 12.3. The van der Waals surface area contributed by atoms with Gasteiger partial charge in [0.25, 0.3) is 0 Å². The summed E-state index contributed by atoms with van der Waals surface area (Å²) in [6.07, 6.45) is 11.8. The van der Waals surface area contributed by atoms with E-state index in [0.29, 0.717) is 11.3 Å². The van der Waals surface area contributed by atoms with Crippen molar-refractivity contribution in [1.29, 1.82) is 5.41 Å². The molecular weight excluding hydrogens is 220 g/mol. The fourth-order valence-electron chi connectivity index (χ4n) is 3.81. The summed E-state index contributed by atoms with van der Waals surface area (Å²) >= 11 is 0. The van der Waals surface area contributed by atoms with Crippen LogP contribution in [0.15, 0.2) is 0 Å². The molecule has 2 rings (SSSR count). The van der Waals surface area contributed by atoms with Crippen molar-refractivity contribution >= 4 is 5.84 Å². The third-order valence-electron chi connectivity index (χ3n) is 5.66. The molecule has 0 aromatic heterocycles. The number of nitrogens with zero attached hydrogens (tertiary/aromatic N) is 1. The number of nitrogens with one attached hydrogen (secondary N) is 1. The lowest BCUT2D eigenvalue weighted by molar-refractivity contribution is 0.131. The second-order valence-corrected chi connectivity index (χ2v) is 6.41. The van der Waals surface area contributed by atoms with Crippen LogP contribution in [0.1, 0.15) is 71.6 Å². The highest BCUT2D eigenvalue weighted by Crippen LogP contribution is 2.38. The largest absolute Gasteiger partial charge is 0.360 e. The van der Waals surface area contributed by atoms with E-state index in [0.717, 1.165) is 18.9 Å². The van der Waals surface area contributed by atoms with Crippen molar-refractivity contribution in [2.75, 3.05) is 13.1 Å². The summed E-state index contributed by atoms with van der Waals surface area (Å²) in [7, 11) is 0. The Balaban J connectivity index is 1.87. The average molecular weight is 250 g/mol. The maximum atomic E-state index is 8.45. The van der Waals surface area contributed by atoms with Gasteiger partial charge in [0.15, 0.2) is 0 Å². The summed E-state index contributed by atoms with van der Waals surface area (Å²) < 4.78 is 0. The number of amidine groups is 1. The normalized spacial score (nSPS) is 25.1. The van der Waals surface area contributed by atoms with Gasteiger partial charge in [-0.15, -0.1) is 0 Å². The van der Waals surface area contributed by atoms with E-state index in [-0.39, 0.29) is 0 Å². The second-order valence-electron chi connectivity index (χ2n) is 6.41. The van der Waals surface area contributed by atoms with Crippen LogP contribution in [0, 0.1) is 16.7 Å². The topological polar surface area (TPSA) is 27.1 Å². The van der Waals surface area contributed by atoms with Gasteiger partial charge in [-0.1, -0.05) is 46.0 Å². The first kappa shape index (κ1) is 13.9. The number of hydrogen-bond acceptors (Lipinski definition) is 1. The number of hydrogen-bond donors (Lipinski definition) is 1. The quantitative estimate of drug-likeness (QED) is 0.581. The lowest BCUT2D eigenvalue weighted by Gasteiger charge is -2.43. The Kier molecular flexibility index (Phi) is 4.69. The molecule has 1 heterocycles. The molecule has 0 aromatic rings. The molecule has 0 atom stereocenters. The van der Waals surface area contributed by atoms with Crippen molar-refractivity contribution in [3.63, 3.8) is 0 Å². The molecule has 1 N–H and O–H groups in total. The van der Waals surface area contributed by atoms with Crippen LogP contribution in [0.25, 0.3) is 0 Å². The van der Waals surface area contributed by atoms with Gasteiger partial charge in [-0.25, -0.2) is 0 Å². The molecular formula is C16H30N2. The molecule has 0 aromatic carbocycles. The molecule has 1 aliphatic carbocycles. The van der Waals surface area contributed by atoms with E-state index in [1.807, 2.05) is 0 Å². The van der Waals surface area contributed by atoms with Crippen molar-refractivity contribution in [2.45, 2.75) is 71.6 Å². The van der Waals surface area contributed by atoms with E-state index < -0.39 is 0 Å². The summed E-state index contributed by atoms with van der Waals surface area (Å²) in [5, 5.41) is 8.45. The standard InChI is InChI=1S/C16H30N2/c1-3-16(4-2)10-12-18(13-11-16)15(17)14-8-6-5-7-9-14/h14,17H,3-13H2,1-2H3. The van der Waals surface area contributed by atoms with Crippen LogP contribution in [-0.4, -0.2) is 23.8 Å². The highest BCUT2D eigenvalue weighted by molar-refractivity contribution is 5.81. The lowest BCUT2D eigenvalue weighted by Crippen LogP contribution is -2.45. The molecule has 1 saturated carbocycles. The van der Waals surface area contributed by atoms with Gasteiger partial charge in [-0.3, -0.25) is 5.41 Å². The predicted octanol–water partition coefficient (Wildman–Crippen LogP) is 4.45. The van der Waals surface area contributed by atoms with E-state index in [1.165, 1.54) is 57.8 Å². The van der Waals surface area contributed by atoms with Crippen LogP contribution >= 0.6 is 0 Å². The number of likely N-dealkylation sites (tertiary alicyclic amines) is 1. The van der Waals surface area contributed by atoms with E-state index in [4.69, 9.17) is 5.41 Å². The first-order valence-electron chi connectivity index (χ1n) is 8.04. The molecule has 0 unspecified atom stereocenters. The van der Waals surface area contributed by atoms with Crippen LogP contribution in [0.3, 0.4) is 0 Å². The van der Waals surface area contributed by atoms with Gasteiger partial charge in [0.2, 0.25) is 0 Å². The molecule has 104 valence electrons. The molecule has 18 heavy (non-hydrogen) atoms.